The Morgan fingerprint density at radius 3 is 2.95 bits per heavy atom. The Morgan fingerprint density at radius 2 is 2.19 bits per heavy atom. The molecule has 1 atom stereocenters. The smallest absolute Gasteiger partial charge is 0.299 e. The summed E-state index contributed by atoms with van der Waals surface area (Å²) in [5, 5.41) is 0. The molecule has 0 spiro atoms. The highest BCUT2D eigenvalue weighted by Crippen LogP contribution is 2.32. The number of hydrogen-bond acceptors (Lipinski definition) is 4. The fourth-order valence-corrected chi connectivity index (χ4v) is 3.18. The number of ether oxygens (including phenoxy) is 1. The van der Waals surface area contributed by atoms with Crippen LogP contribution in [0.4, 0.5) is 5.69 Å². The quantitative estimate of drug-likeness (QED) is 0.777. The molecule has 1 amide bonds. The molecular weight excluding hydrogens is 336 g/mol. The zero-order valence-corrected chi connectivity index (χ0v) is 13.4. The summed E-state index contributed by atoms with van der Waals surface area (Å²) in [6.45, 7) is 5.87. The van der Waals surface area contributed by atoms with E-state index in [0.717, 1.165) is 24.1 Å². The molecule has 5 nitrogen and oxygen atoms in total. The van der Waals surface area contributed by atoms with Crippen molar-refractivity contribution in [1.29, 1.82) is 0 Å². The second-order valence-corrected chi connectivity index (χ2v) is 6.21. The van der Waals surface area contributed by atoms with Crippen molar-refractivity contribution >= 4 is 33.3 Å². The van der Waals surface area contributed by atoms with Crippen LogP contribution in [-0.4, -0.2) is 55.5 Å². The van der Waals surface area contributed by atoms with E-state index >= 15 is 0 Å². The molecular formula is C15H17BrN2O3. The number of carbonyl (C=O) groups excluding carboxylic acids is 2. The molecule has 1 unspecified atom stereocenters. The van der Waals surface area contributed by atoms with Crippen molar-refractivity contribution in [1.82, 2.24) is 4.90 Å². The third kappa shape index (κ3) is 2.75. The van der Waals surface area contributed by atoms with E-state index in [1.807, 2.05) is 6.07 Å². The number of morpholine rings is 1. The average molecular weight is 353 g/mol. The van der Waals surface area contributed by atoms with E-state index in [1.54, 1.807) is 17.0 Å². The third-order valence-corrected chi connectivity index (χ3v) is 4.48. The van der Waals surface area contributed by atoms with Crippen LogP contribution in [0.1, 0.15) is 17.3 Å². The molecule has 3 rings (SSSR count). The fraction of sp³-hybridized carbons (Fsp3) is 0.467. The van der Waals surface area contributed by atoms with Gasteiger partial charge in [0.05, 0.1) is 30.5 Å². The number of fused-ring (bicyclic) bond motifs is 1. The molecule has 2 aliphatic heterocycles. The van der Waals surface area contributed by atoms with E-state index < -0.39 is 11.7 Å². The van der Waals surface area contributed by atoms with Crippen LogP contribution in [0, 0.1) is 0 Å². The van der Waals surface area contributed by atoms with E-state index in [0.29, 0.717) is 24.4 Å². The molecule has 0 aromatic heterocycles. The number of hydrogen-bond donors (Lipinski definition) is 0. The van der Waals surface area contributed by atoms with Crippen molar-refractivity contribution in [3.63, 3.8) is 0 Å². The van der Waals surface area contributed by atoms with Crippen LogP contribution in [0.3, 0.4) is 0 Å². The zero-order chi connectivity index (χ0) is 15.0. The van der Waals surface area contributed by atoms with Crippen molar-refractivity contribution in [3.05, 3.63) is 28.2 Å². The largest absolute Gasteiger partial charge is 0.374 e. The van der Waals surface area contributed by atoms with Gasteiger partial charge in [-0.2, -0.15) is 0 Å². The van der Waals surface area contributed by atoms with Gasteiger partial charge in [0, 0.05) is 17.6 Å². The summed E-state index contributed by atoms with van der Waals surface area (Å²) in [5.74, 6) is -0.888. The van der Waals surface area contributed by atoms with Gasteiger partial charge in [0.1, 0.15) is 0 Å². The second-order valence-electron chi connectivity index (χ2n) is 5.29. The maximum absolute atomic E-state index is 12.2. The Labute approximate surface area is 132 Å². The van der Waals surface area contributed by atoms with Crippen LogP contribution in [-0.2, 0) is 9.53 Å². The maximum atomic E-state index is 12.2. The van der Waals surface area contributed by atoms with Gasteiger partial charge < -0.3 is 9.64 Å². The molecule has 0 N–H and O–H groups in total. The Balaban J connectivity index is 1.81. The lowest BCUT2D eigenvalue weighted by Crippen LogP contribution is -2.48. The topological polar surface area (TPSA) is 49.9 Å². The summed E-state index contributed by atoms with van der Waals surface area (Å²) in [6, 6.07) is 5.29. The van der Waals surface area contributed by atoms with Gasteiger partial charge in [-0.05, 0) is 24.7 Å². The highest BCUT2D eigenvalue weighted by Gasteiger charge is 2.37. The SMILES string of the molecule is CCN1CCOC(CN2C(=O)C(=O)c3ccc(Br)cc32)C1. The lowest BCUT2D eigenvalue weighted by molar-refractivity contribution is -0.115. The number of carbonyl (C=O) groups is 2. The van der Waals surface area contributed by atoms with E-state index in [1.165, 1.54) is 0 Å². The first kappa shape index (κ1) is 14.7. The van der Waals surface area contributed by atoms with Crippen LogP contribution >= 0.6 is 15.9 Å². The van der Waals surface area contributed by atoms with E-state index in [9.17, 15) is 9.59 Å². The molecule has 1 saturated heterocycles. The normalized spacial score (nSPS) is 22.8. The summed E-state index contributed by atoms with van der Waals surface area (Å²) >= 11 is 3.39. The Kier molecular flexibility index (Phi) is 4.10. The number of likely N-dealkylation sites (N-methyl/N-ethyl adjacent to an activating group) is 1. The monoisotopic (exact) mass is 352 g/mol. The van der Waals surface area contributed by atoms with Crippen LogP contribution in [0.2, 0.25) is 0 Å². The number of benzene rings is 1. The molecule has 0 saturated carbocycles. The lowest BCUT2D eigenvalue weighted by atomic mass is 10.1. The highest BCUT2D eigenvalue weighted by molar-refractivity contribution is 9.10. The van der Waals surface area contributed by atoms with Crippen molar-refractivity contribution in [3.8, 4) is 0 Å². The van der Waals surface area contributed by atoms with Gasteiger partial charge in [-0.15, -0.1) is 0 Å². The maximum Gasteiger partial charge on any atom is 0.299 e. The Hall–Kier alpha value is -1.24. The summed E-state index contributed by atoms with van der Waals surface area (Å²) in [5.41, 5.74) is 1.16. The number of nitrogens with zero attached hydrogens (tertiary/aromatic N) is 2. The minimum atomic E-state index is -0.458. The van der Waals surface area contributed by atoms with Crippen LogP contribution in [0.5, 0.6) is 0 Å². The second kappa shape index (κ2) is 5.87. The summed E-state index contributed by atoms with van der Waals surface area (Å²) in [4.78, 5) is 28.1. The number of Topliss-reactive ketones (excluding diaryl/α,β-unsaturated/α-hetero) is 1. The molecule has 1 fully saturated rings. The molecule has 0 aliphatic carbocycles. The fourth-order valence-electron chi connectivity index (χ4n) is 2.83. The standard InChI is InChI=1S/C15H17BrN2O3/c1-2-17-5-6-21-11(8-17)9-18-13-7-10(16)3-4-12(13)14(19)15(18)20/h3-4,7,11H,2,5-6,8-9H2,1H3. The van der Waals surface area contributed by atoms with Crippen molar-refractivity contribution in [2.24, 2.45) is 0 Å². The molecule has 1 aromatic rings. The predicted octanol–water partition coefficient (Wildman–Crippen LogP) is 1.70. The van der Waals surface area contributed by atoms with Crippen LogP contribution in [0.25, 0.3) is 0 Å². The number of ketones is 1. The van der Waals surface area contributed by atoms with Gasteiger partial charge in [0.2, 0.25) is 0 Å². The van der Waals surface area contributed by atoms with Gasteiger partial charge in [-0.3, -0.25) is 14.5 Å². The first-order chi connectivity index (χ1) is 10.1. The summed E-state index contributed by atoms with van der Waals surface area (Å²) in [6.07, 6.45) is -0.0552. The van der Waals surface area contributed by atoms with Crippen LogP contribution < -0.4 is 4.90 Å². The first-order valence-electron chi connectivity index (χ1n) is 7.10. The molecule has 0 radical (unpaired) electrons. The van der Waals surface area contributed by atoms with Gasteiger partial charge in [-0.1, -0.05) is 22.9 Å². The van der Waals surface area contributed by atoms with Crippen LogP contribution in [0.15, 0.2) is 22.7 Å². The molecule has 6 heteroatoms. The van der Waals surface area contributed by atoms with Gasteiger partial charge in [-0.25, -0.2) is 0 Å². The molecule has 1 aromatic carbocycles. The average Bonchev–Trinajstić information content (AvgIpc) is 2.72. The van der Waals surface area contributed by atoms with E-state index in [2.05, 4.69) is 27.8 Å². The molecule has 112 valence electrons. The Bertz CT molecular complexity index is 590. The number of amides is 1. The number of halogens is 1. The predicted molar refractivity (Wildman–Crippen MR) is 82.7 cm³/mol. The minimum Gasteiger partial charge on any atom is -0.374 e. The van der Waals surface area contributed by atoms with Gasteiger partial charge in [0.25, 0.3) is 11.7 Å². The lowest BCUT2D eigenvalue weighted by Gasteiger charge is -2.34. The van der Waals surface area contributed by atoms with Gasteiger partial charge >= 0.3 is 0 Å². The molecule has 2 aliphatic rings. The van der Waals surface area contributed by atoms with E-state index in [-0.39, 0.29) is 6.10 Å². The van der Waals surface area contributed by atoms with Crippen molar-refractivity contribution in [2.45, 2.75) is 13.0 Å². The Morgan fingerprint density at radius 1 is 1.38 bits per heavy atom. The summed E-state index contributed by atoms with van der Waals surface area (Å²) < 4.78 is 6.60. The zero-order valence-electron chi connectivity index (χ0n) is 11.8. The molecule has 0 bridgehead atoms. The van der Waals surface area contributed by atoms with Crippen molar-refractivity contribution in [2.75, 3.05) is 37.7 Å². The van der Waals surface area contributed by atoms with Crippen molar-refractivity contribution < 1.29 is 14.3 Å². The molecule has 2 heterocycles. The molecule has 21 heavy (non-hydrogen) atoms. The van der Waals surface area contributed by atoms with Gasteiger partial charge in [0.15, 0.2) is 0 Å². The summed E-state index contributed by atoms with van der Waals surface area (Å²) in [7, 11) is 0. The number of anilines is 1. The minimum absolute atomic E-state index is 0.0552. The third-order valence-electron chi connectivity index (χ3n) is 3.99. The number of rotatable bonds is 3. The highest BCUT2D eigenvalue weighted by atomic mass is 79.9. The first-order valence-corrected chi connectivity index (χ1v) is 7.89. The van der Waals surface area contributed by atoms with E-state index in [4.69, 9.17) is 4.74 Å².